The van der Waals surface area contributed by atoms with Crippen LogP contribution in [0.3, 0.4) is 0 Å². The molecular weight excluding hydrogens is 346 g/mol. The van der Waals surface area contributed by atoms with Gasteiger partial charge in [-0.05, 0) is 44.8 Å². The fourth-order valence-corrected chi connectivity index (χ4v) is 5.15. The number of amidine groups is 1. The van der Waals surface area contributed by atoms with Gasteiger partial charge in [-0.3, -0.25) is 9.79 Å². The predicted octanol–water partition coefficient (Wildman–Crippen LogP) is 3.27. The summed E-state index contributed by atoms with van der Waals surface area (Å²) in [5.74, 6) is 1.32. The van der Waals surface area contributed by atoms with Crippen LogP contribution >= 0.6 is 11.8 Å². The van der Waals surface area contributed by atoms with Gasteiger partial charge in [-0.1, -0.05) is 18.4 Å². The first kappa shape index (κ1) is 18.0. The summed E-state index contributed by atoms with van der Waals surface area (Å²) in [5.41, 5.74) is 2.88. The monoisotopic (exact) mass is 373 g/mol. The first-order valence-electron chi connectivity index (χ1n) is 9.74. The number of thioether (sulfide) groups is 1. The Bertz CT molecular complexity index is 683. The summed E-state index contributed by atoms with van der Waals surface area (Å²) >= 11 is 1.88. The van der Waals surface area contributed by atoms with Crippen LogP contribution in [0.4, 0.5) is 0 Å². The number of carbonyl (C=O) groups is 1. The average Bonchev–Trinajstić information content (AvgIpc) is 3.13. The first-order valence-corrected chi connectivity index (χ1v) is 10.8. The van der Waals surface area contributed by atoms with Gasteiger partial charge in [0.2, 0.25) is 5.91 Å². The van der Waals surface area contributed by atoms with Gasteiger partial charge in [0.1, 0.15) is 11.8 Å². The lowest BCUT2D eigenvalue weighted by molar-refractivity contribution is -0.121. The molecule has 1 N–H and O–H groups in total. The highest BCUT2D eigenvalue weighted by atomic mass is 32.2. The van der Waals surface area contributed by atoms with Gasteiger partial charge in [0.15, 0.2) is 0 Å². The van der Waals surface area contributed by atoms with Crippen LogP contribution in [0.25, 0.3) is 0 Å². The van der Waals surface area contributed by atoms with Crippen molar-refractivity contribution < 1.29 is 9.53 Å². The maximum atomic E-state index is 12.6. The summed E-state index contributed by atoms with van der Waals surface area (Å²) in [6, 6.07) is 0.437. The highest BCUT2D eigenvalue weighted by Gasteiger charge is 2.33. The lowest BCUT2D eigenvalue weighted by Crippen LogP contribution is -2.43. The molecule has 26 heavy (non-hydrogen) atoms. The molecule has 2 heterocycles. The third-order valence-electron chi connectivity index (χ3n) is 5.50. The van der Waals surface area contributed by atoms with Crippen molar-refractivity contribution in [1.82, 2.24) is 5.32 Å². The molecular formula is C20H27N3O2S. The molecule has 2 aliphatic carbocycles. The molecule has 140 valence electrons. The summed E-state index contributed by atoms with van der Waals surface area (Å²) in [5, 5.41) is 3.61. The summed E-state index contributed by atoms with van der Waals surface area (Å²) in [6.45, 7) is 3.70. The second-order valence-electron chi connectivity index (χ2n) is 7.55. The van der Waals surface area contributed by atoms with Crippen LogP contribution in [0.15, 0.2) is 33.4 Å². The van der Waals surface area contributed by atoms with Crippen molar-refractivity contribution >= 4 is 29.2 Å². The third-order valence-corrected chi connectivity index (χ3v) is 6.88. The van der Waals surface area contributed by atoms with E-state index in [2.05, 4.69) is 11.4 Å². The van der Waals surface area contributed by atoms with Crippen LogP contribution in [-0.4, -0.2) is 47.7 Å². The Morgan fingerprint density at radius 3 is 2.77 bits per heavy atom. The molecule has 0 spiro atoms. The zero-order valence-electron chi connectivity index (χ0n) is 15.4. The van der Waals surface area contributed by atoms with Crippen LogP contribution in [0.2, 0.25) is 0 Å². The Morgan fingerprint density at radius 2 is 2.00 bits per heavy atom. The Kier molecular flexibility index (Phi) is 5.60. The fraction of sp³-hybridized carbons (Fsp3) is 0.650. The molecule has 4 aliphatic rings. The Labute approximate surface area is 159 Å². The zero-order chi connectivity index (χ0) is 17.9. The molecule has 6 heteroatoms. The maximum absolute atomic E-state index is 12.6. The molecule has 1 unspecified atom stereocenters. The molecule has 5 nitrogen and oxygen atoms in total. The number of allylic oxidation sites excluding steroid dienone is 2. The van der Waals surface area contributed by atoms with Crippen LogP contribution in [-0.2, 0) is 9.53 Å². The number of ether oxygens (including phenoxy) is 1. The molecule has 1 saturated heterocycles. The fourth-order valence-electron chi connectivity index (χ4n) is 4.09. The normalized spacial score (nSPS) is 29.1. The van der Waals surface area contributed by atoms with Crippen molar-refractivity contribution in [1.29, 1.82) is 0 Å². The molecule has 0 aromatic carbocycles. The topological polar surface area (TPSA) is 63.1 Å². The molecule has 0 bridgehead atoms. The van der Waals surface area contributed by atoms with Crippen LogP contribution in [0, 0.1) is 5.92 Å². The van der Waals surface area contributed by atoms with E-state index in [0.717, 1.165) is 54.6 Å². The molecule has 1 atom stereocenters. The molecule has 1 saturated carbocycles. The number of nitrogens with one attached hydrogen (secondary N) is 1. The number of hydrogen-bond donors (Lipinski definition) is 1. The Morgan fingerprint density at radius 1 is 1.23 bits per heavy atom. The highest BCUT2D eigenvalue weighted by molar-refractivity contribution is 8.00. The van der Waals surface area contributed by atoms with E-state index in [-0.39, 0.29) is 11.8 Å². The minimum absolute atomic E-state index is 0.0440. The van der Waals surface area contributed by atoms with E-state index in [1.54, 1.807) is 0 Å². The Hall–Kier alpha value is -1.40. The number of aliphatic imine (C=N–C) groups is 2. The molecule has 0 radical (unpaired) electrons. The van der Waals surface area contributed by atoms with E-state index >= 15 is 0 Å². The van der Waals surface area contributed by atoms with E-state index in [9.17, 15) is 4.79 Å². The minimum atomic E-state index is -0.255. The molecule has 0 aromatic rings. The number of amides is 1. The maximum Gasteiger partial charge on any atom is 0.238 e. The van der Waals surface area contributed by atoms with Crippen molar-refractivity contribution in [3.8, 4) is 0 Å². The number of nitrogens with zero attached hydrogens (tertiary/aromatic N) is 2. The van der Waals surface area contributed by atoms with Crippen molar-refractivity contribution in [2.45, 2.75) is 56.7 Å². The van der Waals surface area contributed by atoms with Gasteiger partial charge in [0, 0.05) is 18.5 Å². The van der Waals surface area contributed by atoms with Crippen LogP contribution < -0.4 is 5.32 Å². The quantitative estimate of drug-likeness (QED) is 0.823. The van der Waals surface area contributed by atoms with Crippen molar-refractivity contribution in [3.05, 3.63) is 23.4 Å². The lowest BCUT2D eigenvalue weighted by Gasteiger charge is -2.28. The van der Waals surface area contributed by atoms with Gasteiger partial charge in [-0.2, -0.15) is 11.8 Å². The number of hydrogen-bond acceptors (Lipinski definition) is 5. The van der Waals surface area contributed by atoms with E-state index in [0.29, 0.717) is 11.3 Å². The largest absolute Gasteiger partial charge is 0.381 e. The van der Waals surface area contributed by atoms with Crippen molar-refractivity contribution in [2.24, 2.45) is 15.9 Å². The highest BCUT2D eigenvalue weighted by Crippen LogP contribution is 2.31. The van der Waals surface area contributed by atoms with Crippen LogP contribution in [0.1, 0.15) is 45.4 Å². The minimum Gasteiger partial charge on any atom is -0.381 e. The van der Waals surface area contributed by atoms with Crippen LogP contribution in [0.5, 0.6) is 0 Å². The molecule has 4 rings (SSSR count). The van der Waals surface area contributed by atoms with E-state index in [4.69, 9.17) is 14.7 Å². The summed E-state index contributed by atoms with van der Waals surface area (Å²) < 4.78 is 5.42. The van der Waals surface area contributed by atoms with E-state index in [1.807, 2.05) is 24.8 Å². The van der Waals surface area contributed by atoms with Gasteiger partial charge in [-0.15, -0.1) is 0 Å². The summed E-state index contributed by atoms with van der Waals surface area (Å²) in [4.78, 5) is 22.3. The number of rotatable bonds is 4. The first-order chi connectivity index (χ1) is 12.7. The zero-order valence-corrected chi connectivity index (χ0v) is 16.2. The van der Waals surface area contributed by atoms with Crippen molar-refractivity contribution in [3.63, 3.8) is 0 Å². The molecule has 1 amide bonds. The number of carbonyl (C=O) groups excluding carboxylic acids is 1. The van der Waals surface area contributed by atoms with E-state index < -0.39 is 0 Å². The van der Waals surface area contributed by atoms with Gasteiger partial charge in [0.05, 0.1) is 23.2 Å². The SMILES string of the molecule is CC1=CC(=NC2CCCC2)C=C2N=C(CSC3CCOCC3)NC(=O)C12. The summed E-state index contributed by atoms with van der Waals surface area (Å²) in [7, 11) is 0. The van der Waals surface area contributed by atoms with Gasteiger partial charge >= 0.3 is 0 Å². The smallest absolute Gasteiger partial charge is 0.238 e. The lowest BCUT2D eigenvalue weighted by atomic mass is 9.88. The van der Waals surface area contributed by atoms with Gasteiger partial charge < -0.3 is 10.1 Å². The average molecular weight is 374 g/mol. The standard InChI is InChI=1S/C20H27N3O2S/c1-13-10-15(21-14-4-2-3-5-14)11-17-19(13)20(24)23-18(22-17)12-26-16-6-8-25-9-7-16/h10-11,14,16,19H,2-9,12H2,1H3,(H,22,23,24). The molecule has 2 fully saturated rings. The second-order valence-corrected chi connectivity index (χ2v) is 8.84. The van der Waals surface area contributed by atoms with E-state index in [1.165, 1.54) is 25.7 Å². The number of fused-ring (bicyclic) bond motifs is 1. The van der Waals surface area contributed by atoms with Gasteiger partial charge in [0.25, 0.3) is 0 Å². The Balaban J connectivity index is 1.48. The third kappa shape index (κ3) is 4.12. The van der Waals surface area contributed by atoms with Crippen molar-refractivity contribution in [2.75, 3.05) is 19.0 Å². The molecule has 0 aromatic heterocycles. The summed E-state index contributed by atoms with van der Waals surface area (Å²) in [6.07, 6.45) is 11.2. The second kappa shape index (κ2) is 8.09. The molecule has 2 aliphatic heterocycles. The predicted molar refractivity (Wildman–Crippen MR) is 107 cm³/mol. The van der Waals surface area contributed by atoms with Gasteiger partial charge in [-0.25, -0.2) is 4.99 Å².